The standard InChI is InChI=1S/C26H33N5O5/c1-29-22-11-13-30(23(32)16-36-20-9-7-19(35-2)8-10-20)15-21(22)24(28-29)26(34)31-12-3-4-17(14-31)25(33)27-18-5-6-18/h7-10,17-18H,3-6,11-16H2,1-2H3,(H,27,33)/t17-/m0/s1. The molecule has 0 radical (unpaired) electrons. The van der Waals surface area contributed by atoms with Crippen molar-refractivity contribution in [1.82, 2.24) is 24.9 Å². The van der Waals surface area contributed by atoms with Crippen LogP contribution in [0.4, 0.5) is 0 Å². The molecule has 1 aromatic carbocycles. The second kappa shape index (κ2) is 10.2. The van der Waals surface area contributed by atoms with Gasteiger partial charge in [-0.2, -0.15) is 5.10 Å². The molecule has 1 saturated carbocycles. The topological polar surface area (TPSA) is 106 Å². The van der Waals surface area contributed by atoms with Gasteiger partial charge in [0.2, 0.25) is 5.91 Å². The van der Waals surface area contributed by atoms with Crippen molar-refractivity contribution in [2.75, 3.05) is 33.4 Å². The molecule has 2 aromatic rings. The molecule has 1 N–H and O–H groups in total. The fourth-order valence-electron chi connectivity index (χ4n) is 4.96. The molecule has 192 valence electrons. The molecular weight excluding hydrogens is 462 g/mol. The van der Waals surface area contributed by atoms with Gasteiger partial charge in [0.1, 0.15) is 11.5 Å². The van der Waals surface area contributed by atoms with E-state index in [0.717, 1.165) is 42.7 Å². The van der Waals surface area contributed by atoms with E-state index >= 15 is 0 Å². The molecule has 2 fully saturated rings. The summed E-state index contributed by atoms with van der Waals surface area (Å²) in [6, 6.07) is 7.38. The number of nitrogens with one attached hydrogen (secondary N) is 1. The van der Waals surface area contributed by atoms with Gasteiger partial charge in [-0.1, -0.05) is 0 Å². The van der Waals surface area contributed by atoms with Crippen LogP contribution in [0.5, 0.6) is 11.5 Å². The van der Waals surface area contributed by atoms with Crippen LogP contribution in [0.2, 0.25) is 0 Å². The Morgan fingerprint density at radius 2 is 1.81 bits per heavy atom. The Kier molecular flexibility index (Phi) is 6.84. The summed E-state index contributed by atoms with van der Waals surface area (Å²) < 4.78 is 12.6. The second-order valence-corrected chi connectivity index (χ2v) is 9.80. The number of likely N-dealkylation sites (tertiary alicyclic amines) is 1. The lowest BCUT2D eigenvalue weighted by Crippen LogP contribution is -2.46. The zero-order chi connectivity index (χ0) is 25.2. The molecule has 3 amide bonds. The molecular formula is C26H33N5O5. The minimum Gasteiger partial charge on any atom is -0.497 e. The fourth-order valence-corrected chi connectivity index (χ4v) is 4.96. The van der Waals surface area contributed by atoms with Gasteiger partial charge in [-0.3, -0.25) is 19.1 Å². The van der Waals surface area contributed by atoms with Crippen molar-refractivity contribution < 1.29 is 23.9 Å². The number of hydrogen-bond donors (Lipinski definition) is 1. The monoisotopic (exact) mass is 495 g/mol. The predicted molar refractivity (Wildman–Crippen MR) is 131 cm³/mol. The van der Waals surface area contributed by atoms with Gasteiger partial charge in [0.25, 0.3) is 11.8 Å². The molecule has 3 heterocycles. The number of benzene rings is 1. The quantitative estimate of drug-likeness (QED) is 0.625. The highest BCUT2D eigenvalue weighted by molar-refractivity contribution is 5.95. The lowest BCUT2D eigenvalue weighted by molar-refractivity contribution is -0.134. The molecule has 1 saturated heterocycles. The first-order valence-electron chi connectivity index (χ1n) is 12.6. The summed E-state index contributed by atoms with van der Waals surface area (Å²) in [4.78, 5) is 42.5. The molecule has 36 heavy (non-hydrogen) atoms. The Hall–Kier alpha value is -3.56. The Morgan fingerprint density at radius 1 is 1.06 bits per heavy atom. The minimum atomic E-state index is -0.184. The number of methoxy groups -OCH3 is 1. The highest BCUT2D eigenvalue weighted by atomic mass is 16.5. The van der Waals surface area contributed by atoms with E-state index in [0.29, 0.717) is 50.1 Å². The van der Waals surface area contributed by atoms with E-state index in [2.05, 4.69) is 10.4 Å². The summed E-state index contributed by atoms with van der Waals surface area (Å²) in [6.07, 6.45) is 4.28. The van der Waals surface area contributed by atoms with Crippen LogP contribution in [0.1, 0.15) is 47.4 Å². The van der Waals surface area contributed by atoms with Crippen LogP contribution >= 0.6 is 0 Å². The van der Waals surface area contributed by atoms with Crippen molar-refractivity contribution in [1.29, 1.82) is 0 Å². The molecule has 3 aliphatic rings. The van der Waals surface area contributed by atoms with E-state index in [1.165, 1.54) is 0 Å². The van der Waals surface area contributed by atoms with E-state index in [9.17, 15) is 14.4 Å². The fraction of sp³-hybridized carbons (Fsp3) is 0.538. The van der Waals surface area contributed by atoms with Crippen LogP contribution in [-0.4, -0.2) is 76.7 Å². The lowest BCUT2D eigenvalue weighted by atomic mass is 9.96. The zero-order valence-electron chi connectivity index (χ0n) is 20.9. The molecule has 1 aliphatic carbocycles. The number of fused-ring (bicyclic) bond motifs is 1. The maximum atomic E-state index is 13.5. The summed E-state index contributed by atoms with van der Waals surface area (Å²) in [5.41, 5.74) is 2.14. The lowest BCUT2D eigenvalue weighted by Gasteiger charge is -2.32. The first kappa shape index (κ1) is 24.1. The first-order valence-corrected chi connectivity index (χ1v) is 12.6. The van der Waals surface area contributed by atoms with Crippen molar-refractivity contribution in [3.8, 4) is 11.5 Å². The molecule has 1 aromatic heterocycles. The number of aromatic nitrogens is 2. The number of nitrogens with zero attached hydrogens (tertiary/aromatic N) is 4. The largest absolute Gasteiger partial charge is 0.497 e. The third-order valence-corrected chi connectivity index (χ3v) is 7.22. The number of ether oxygens (including phenoxy) is 2. The van der Waals surface area contributed by atoms with Crippen LogP contribution in [0.15, 0.2) is 24.3 Å². The van der Waals surface area contributed by atoms with Crippen molar-refractivity contribution in [3.63, 3.8) is 0 Å². The summed E-state index contributed by atoms with van der Waals surface area (Å²) in [6.45, 7) is 1.78. The van der Waals surface area contributed by atoms with Crippen LogP contribution < -0.4 is 14.8 Å². The van der Waals surface area contributed by atoms with Crippen LogP contribution in [0, 0.1) is 5.92 Å². The number of carbonyl (C=O) groups is 3. The Balaban J connectivity index is 1.23. The second-order valence-electron chi connectivity index (χ2n) is 9.80. The third-order valence-electron chi connectivity index (χ3n) is 7.22. The number of rotatable bonds is 7. The van der Waals surface area contributed by atoms with Gasteiger partial charge in [0, 0.05) is 56.9 Å². The zero-order valence-corrected chi connectivity index (χ0v) is 20.9. The Morgan fingerprint density at radius 3 is 2.53 bits per heavy atom. The van der Waals surface area contributed by atoms with Gasteiger partial charge in [-0.15, -0.1) is 0 Å². The van der Waals surface area contributed by atoms with Crippen molar-refractivity contribution in [3.05, 3.63) is 41.2 Å². The van der Waals surface area contributed by atoms with Crippen LogP contribution in [0.3, 0.4) is 0 Å². The van der Waals surface area contributed by atoms with E-state index in [4.69, 9.17) is 9.47 Å². The van der Waals surface area contributed by atoms with Gasteiger partial charge < -0.3 is 24.6 Å². The number of carbonyl (C=O) groups excluding carboxylic acids is 3. The number of amides is 3. The van der Waals surface area contributed by atoms with E-state index < -0.39 is 0 Å². The van der Waals surface area contributed by atoms with Crippen molar-refractivity contribution in [2.45, 2.75) is 44.7 Å². The molecule has 1 atom stereocenters. The molecule has 10 heteroatoms. The summed E-state index contributed by atoms with van der Waals surface area (Å²) in [5, 5.41) is 7.61. The molecule has 0 bridgehead atoms. The minimum absolute atomic E-state index is 0.0479. The van der Waals surface area contributed by atoms with Gasteiger partial charge in [0.15, 0.2) is 12.3 Å². The van der Waals surface area contributed by atoms with Crippen molar-refractivity contribution >= 4 is 17.7 Å². The number of hydrogen-bond acceptors (Lipinski definition) is 6. The predicted octanol–water partition coefficient (Wildman–Crippen LogP) is 1.52. The van der Waals surface area contributed by atoms with Gasteiger partial charge in [-0.25, -0.2) is 0 Å². The smallest absolute Gasteiger partial charge is 0.274 e. The average Bonchev–Trinajstić information content (AvgIpc) is 3.67. The number of aryl methyl sites for hydroxylation is 1. The number of piperidine rings is 1. The molecule has 5 rings (SSSR count). The highest BCUT2D eigenvalue weighted by Gasteiger charge is 2.35. The van der Waals surface area contributed by atoms with Crippen LogP contribution in [0.25, 0.3) is 0 Å². The summed E-state index contributed by atoms with van der Waals surface area (Å²) in [7, 11) is 3.43. The maximum absolute atomic E-state index is 13.5. The van der Waals surface area contributed by atoms with Gasteiger partial charge in [-0.05, 0) is 49.9 Å². The molecule has 0 unspecified atom stereocenters. The summed E-state index contributed by atoms with van der Waals surface area (Å²) in [5.74, 6) is 0.856. The van der Waals surface area contributed by atoms with E-state index in [1.807, 2.05) is 7.05 Å². The van der Waals surface area contributed by atoms with E-state index in [1.54, 1.807) is 45.9 Å². The highest BCUT2D eigenvalue weighted by Crippen LogP contribution is 2.27. The van der Waals surface area contributed by atoms with Gasteiger partial charge >= 0.3 is 0 Å². The van der Waals surface area contributed by atoms with Crippen LogP contribution in [-0.2, 0) is 29.6 Å². The average molecular weight is 496 g/mol. The third kappa shape index (κ3) is 5.17. The molecule has 0 spiro atoms. The van der Waals surface area contributed by atoms with Gasteiger partial charge in [0.05, 0.1) is 13.0 Å². The Bertz CT molecular complexity index is 1140. The first-order chi connectivity index (χ1) is 17.4. The Labute approximate surface area is 210 Å². The summed E-state index contributed by atoms with van der Waals surface area (Å²) >= 11 is 0. The maximum Gasteiger partial charge on any atom is 0.274 e. The van der Waals surface area contributed by atoms with Crippen molar-refractivity contribution in [2.24, 2.45) is 13.0 Å². The normalized spacial score (nSPS) is 19.4. The SMILES string of the molecule is COc1ccc(OCC(=O)N2CCc3c(c(C(=O)N4CCC[C@H](C(=O)NC5CC5)C4)nn3C)C2)cc1. The van der Waals surface area contributed by atoms with E-state index in [-0.39, 0.29) is 30.2 Å². The molecule has 2 aliphatic heterocycles. The molecule has 10 nitrogen and oxygen atoms in total.